The maximum absolute atomic E-state index is 12.9. The van der Waals surface area contributed by atoms with E-state index in [1.807, 2.05) is 0 Å². The number of fused-ring (bicyclic) bond motifs is 2. The van der Waals surface area contributed by atoms with Crippen LogP contribution in [0.3, 0.4) is 0 Å². The molecule has 1 aliphatic carbocycles. The van der Waals surface area contributed by atoms with E-state index in [9.17, 15) is 40.7 Å². The van der Waals surface area contributed by atoms with Crippen LogP contribution in [0, 0.1) is 34.5 Å². The summed E-state index contributed by atoms with van der Waals surface area (Å²) in [6.45, 7) is 11.3. The molecular weight excluding hydrogens is 558 g/mol. The number of nitrogens with one attached hydrogen (secondary N) is 2. The molecule has 1 aliphatic heterocycles. The third kappa shape index (κ3) is 8.34. The molecule has 0 radical (unpaired) electrons. The molecule has 4 rings (SSSR count). The monoisotopic (exact) mass is 590 g/mol. The topological polar surface area (TPSA) is 120 Å². The fraction of sp³-hybridized carbons (Fsp3) is 0.577. The lowest BCUT2D eigenvalue weighted by Crippen LogP contribution is -2.44. The minimum atomic E-state index is -4.94. The van der Waals surface area contributed by atoms with Gasteiger partial charge in [-0.3, -0.25) is 14.4 Å². The molecule has 0 bridgehead atoms. The largest absolute Gasteiger partial charge is 0.471 e. The summed E-state index contributed by atoms with van der Waals surface area (Å²) >= 11 is 0. The van der Waals surface area contributed by atoms with Gasteiger partial charge in [0.15, 0.2) is 0 Å². The highest BCUT2D eigenvalue weighted by Crippen LogP contribution is 2.61. The fourth-order valence-corrected chi connectivity index (χ4v) is 4.48. The van der Waals surface area contributed by atoms with Crippen molar-refractivity contribution in [3.8, 4) is 6.07 Å². The molecule has 3 unspecified atom stereocenters. The summed E-state index contributed by atoms with van der Waals surface area (Å²) in [4.78, 5) is 34.1. The smallest absolute Gasteiger partial charge is 0.341 e. The highest BCUT2D eigenvalue weighted by molar-refractivity contribution is 5.87. The van der Waals surface area contributed by atoms with Crippen LogP contribution in [0.4, 0.5) is 26.3 Å². The zero-order valence-electron chi connectivity index (χ0n) is 23.1. The molecule has 226 valence electrons. The van der Waals surface area contributed by atoms with Crippen LogP contribution in [0.25, 0.3) is 5.52 Å². The zero-order chi connectivity index (χ0) is 31.3. The van der Waals surface area contributed by atoms with Crippen LogP contribution in [-0.2, 0) is 20.6 Å². The van der Waals surface area contributed by atoms with Crippen molar-refractivity contribution in [3.63, 3.8) is 0 Å². The van der Waals surface area contributed by atoms with Gasteiger partial charge in [-0.1, -0.05) is 34.6 Å². The van der Waals surface area contributed by atoms with Gasteiger partial charge in [0.2, 0.25) is 12.3 Å². The van der Waals surface area contributed by atoms with Gasteiger partial charge in [-0.05, 0) is 35.3 Å². The molecule has 1 saturated carbocycles. The molecule has 3 atom stereocenters. The van der Waals surface area contributed by atoms with Crippen LogP contribution in [0.2, 0.25) is 0 Å². The van der Waals surface area contributed by atoms with Gasteiger partial charge in [0.25, 0.3) is 0 Å². The van der Waals surface area contributed by atoms with E-state index in [2.05, 4.69) is 45.0 Å². The second kappa shape index (κ2) is 12.8. The summed E-state index contributed by atoms with van der Waals surface area (Å²) in [5, 5.41) is 16.4. The van der Waals surface area contributed by atoms with E-state index < -0.39 is 42.3 Å². The quantitative estimate of drug-likeness (QED) is 0.402. The number of carbonyl (C=O) groups excluding carboxylic acids is 3. The van der Waals surface area contributed by atoms with E-state index in [4.69, 9.17) is 5.26 Å². The van der Waals surface area contributed by atoms with Crippen molar-refractivity contribution in [2.24, 2.45) is 23.2 Å². The van der Waals surface area contributed by atoms with Gasteiger partial charge in [-0.2, -0.15) is 36.7 Å². The van der Waals surface area contributed by atoms with E-state index in [0.29, 0.717) is 24.9 Å². The van der Waals surface area contributed by atoms with E-state index in [0.717, 1.165) is 22.7 Å². The van der Waals surface area contributed by atoms with Gasteiger partial charge in [-0.15, -0.1) is 0 Å². The molecule has 41 heavy (non-hydrogen) atoms. The maximum atomic E-state index is 12.9. The molecule has 0 aromatic carbocycles. The van der Waals surface area contributed by atoms with Crippen LogP contribution < -0.4 is 10.6 Å². The number of halogens is 6. The molecule has 9 nitrogen and oxygen atoms in total. The molecule has 15 heteroatoms. The lowest BCUT2D eigenvalue weighted by atomic mass is 10.1. The second-order valence-electron chi connectivity index (χ2n) is 10.9. The summed E-state index contributed by atoms with van der Waals surface area (Å²) in [5.74, 6) is -0.796. The van der Waals surface area contributed by atoms with Gasteiger partial charge < -0.3 is 15.5 Å². The lowest BCUT2D eigenvalue weighted by Gasteiger charge is -2.22. The fourth-order valence-electron chi connectivity index (χ4n) is 4.48. The minimum Gasteiger partial charge on any atom is -0.341 e. The molecule has 2 aromatic heterocycles. The lowest BCUT2D eigenvalue weighted by molar-refractivity contribution is -0.174. The Morgan fingerprint density at radius 2 is 1.73 bits per heavy atom. The first kappa shape index (κ1) is 33.4. The number of alkyl halides is 6. The third-order valence-electron chi connectivity index (χ3n) is 6.68. The van der Waals surface area contributed by atoms with Gasteiger partial charge in [0.05, 0.1) is 29.9 Å². The van der Waals surface area contributed by atoms with Crippen molar-refractivity contribution in [3.05, 3.63) is 35.7 Å². The number of nitriles is 1. The number of piperidine rings is 1. The SMILES string of the molecule is CC(C)C.CC1(C)C2CN(C(=O)CNC(=O)C(F)(F)F)CC21.N#CC(NC=O)c1cnn2cccc(C(F)(F)F)c12. The molecular formula is C26H32F6N6O3. The van der Waals surface area contributed by atoms with Crippen molar-refractivity contribution in [2.75, 3.05) is 19.6 Å². The number of aromatic nitrogens is 2. The Kier molecular flexibility index (Phi) is 10.4. The van der Waals surface area contributed by atoms with E-state index in [-0.39, 0.29) is 22.9 Å². The molecule has 1 saturated heterocycles. The van der Waals surface area contributed by atoms with Crippen molar-refractivity contribution >= 4 is 23.7 Å². The number of hydrogen-bond acceptors (Lipinski definition) is 5. The number of nitrogens with zero attached hydrogens (tertiary/aromatic N) is 4. The summed E-state index contributed by atoms with van der Waals surface area (Å²) in [5.41, 5.74) is -0.902. The molecule has 2 fully saturated rings. The molecule has 2 aliphatic rings. The zero-order valence-corrected chi connectivity index (χ0v) is 23.1. The van der Waals surface area contributed by atoms with E-state index in [1.165, 1.54) is 17.2 Å². The van der Waals surface area contributed by atoms with Crippen LogP contribution in [-0.4, -0.2) is 58.5 Å². The van der Waals surface area contributed by atoms with Crippen LogP contribution in [0.5, 0.6) is 0 Å². The van der Waals surface area contributed by atoms with Crippen molar-refractivity contribution in [1.29, 1.82) is 5.26 Å². The number of rotatable bonds is 5. The minimum absolute atomic E-state index is 0.00234. The average Bonchev–Trinajstić information content (AvgIpc) is 3.28. The van der Waals surface area contributed by atoms with Gasteiger partial charge in [0.1, 0.15) is 6.04 Å². The summed E-state index contributed by atoms with van der Waals surface area (Å²) < 4.78 is 75.5. The number of amides is 3. The first-order valence-corrected chi connectivity index (χ1v) is 12.6. The van der Waals surface area contributed by atoms with Crippen molar-refractivity contribution in [2.45, 2.75) is 53.0 Å². The summed E-state index contributed by atoms with van der Waals surface area (Å²) in [7, 11) is 0. The van der Waals surface area contributed by atoms with Crippen molar-refractivity contribution < 1.29 is 40.7 Å². The van der Waals surface area contributed by atoms with Crippen molar-refractivity contribution in [1.82, 2.24) is 25.1 Å². The Balaban J connectivity index is 0.000000254. The first-order valence-electron chi connectivity index (χ1n) is 12.6. The number of hydrogen-bond donors (Lipinski definition) is 2. The van der Waals surface area contributed by atoms with Crippen LogP contribution in [0.15, 0.2) is 24.5 Å². The Morgan fingerprint density at radius 1 is 1.17 bits per heavy atom. The Labute approximate surface area is 232 Å². The molecule has 0 spiro atoms. The normalized spacial score (nSPS) is 19.5. The highest BCUT2D eigenvalue weighted by atomic mass is 19.4. The van der Waals surface area contributed by atoms with Crippen LogP contribution >= 0.6 is 0 Å². The predicted octanol–water partition coefficient (Wildman–Crippen LogP) is 4.11. The average molecular weight is 591 g/mol. The summed E-state index contributed by atoms with van der Waals surface area (Å²) in [6, 6.07) is 2.64. The predicted molar refractivity (Wildman–Crippen MR) is 135 cm³/mol. The first-order chi connectivity index (χ1) is 18.9. The molecule has 3 heterocycles. The number of carbonyl (C=O) groups is 3. The maximum Gasteiger partial charge on any atom is 0.471 e. The number of likely N-dealkylation sites (tertiary alicyclic amines) is 1. The van der Waals surface area contributed by atoms with Gasteiger partial charge in [-0.25, -0.2) is 4.52 Å². The highest BCUT2D eigenvalue weighted by Gasteiger charge is 2.62. The third-order valence-corrected chi connectivity index (χ3v) is 6.68. The molecule has 2 aromatic rings. The van der Waals surface area contributed by atoms with E-state index >= 15 is 0 Å². The van der Waals surface area contributed by atoms with Gasteiger partial charge >= 0.3 is 18.3 Å². The molecule has 3 amide bonds. The Hall–Kier alpha value is -3.83. The van der Waals surface area contributed by atoms with E-state index in [1.54, 1.807) is 11.4 Å². The Morgan fingerprint density at radius 3 is 2.20 bits per heavy atom. The second-order valence-corrected chi connectivity index (χ2v) is 10.9. The van der Waals surface area contributed by atoms with Gasteiger partial charge in [0, 0.05) is 24.8 Å². The van der Waals surface area contributed by atoms with Crippen LogP contribution in [0.1, 0.15) is 51.8 Å². The summed E-state index contributed by atoms with van der Waals surface area (Å²) in [6.07, 6.45) is -6.78. The molecule has 2 N–H and O–H groups in total. The standard InChI is InChI=1S/C11H7F3N4O.C11H15F3N2O2.C4H10/c12-11(13,14)8-2-1-3-18-10(8)7(5-17-18)9(4-15)16-6-19;1-10(2)6-4-16(5-7(6)10)8(17)3-15-9(18)11(12,13)14;1-4(2)3/h1-3,5-6,9H,(H,16,19);6-7H,3-5H2,1-2H3,(H,15,18);4H,1-3H3. The Bertz CT molecular complexity index is 1260. The number of pyridine rings is 1.